The molecule has 0 atom stereocenters. The number of aryl methyl sites for hydroxylation is 1. The Labute approximate surface area is 172 Å². The summed E-state index contributed by atoms with van der Waals surface area (Å²) in [6, 6.07) is 17.9. The first-order chi connectivity index (χ1) is 14.0. The van der Waals surface area contributed by atoms with Crippen molar-refractivity contribution in [2.75, 3.05) is 24.3 Å². The minimum atomic E-state index is 0.157. The molecular weight excluding hydrogens is 364 g/mol. The zero-order valence-electron chi connectivity index (χ0n) is 17.4. The number of rotatable bonds is 9. The van der Waals surface area contributed by atoms with Gasteiger partial charge in [0.2, 0.25) is 0 Å². The molecule has 2 N–H and O–H groups in total. The third-order valence-corrected chi connectivity index (χ3v) is 4.22. The van der Waals surface area contributed by atoms with Crippen LogP contribution >= 0.6 is 0 Å². The van der Waals surface area contributed by atoms with Crippen LogP contribution in [0, 0.1) is 6.92 Å². The molecule has 3 aromatic rings. The van der Waals surface area contributed by atoms with Crippen molar-refractivity contribution >= 4 is 17.3 Å². The molecule has 29 heavy (non-hydrogen) atoms. The van der Waals surface area contributed by atoms with Gasteiger partial charge in [0.05, 0.1) is 13.2 Å². The fourth-order valence-corrected chi connectivity index (χ4v) is 2.89. The van der Waals surface area contributed by atoms with E-state index in [0.29, 0.717) is 5.82 Å². The molecule has 152 valence electrons. The molecule has 0 saturated carbocycles. The molecule has 0 aliphatic rings. The maximum absolute atomic E-state index is 5.68. The minimum Gasteiger partial charge on any atom is -0.497 e. The van der Waals surface area contributed by atoms with Gasteiger partial charge in [0.25, 0.3) is 0 Å². The standard InChI is InChI=1S/C23H28N4O2/c1-16(2)29-21-11-7-19(8-12-21)27-23-15-22(25-17(3)26-23)24-14-13-18-5-9-20(28-4)10-6-18/h5-12,15-16H,13-14H2,1-4H3,(H2,24,25,26,27). The van der Waals surface area contributed by atoms with Crippen LogP contribution in [0.4, 0.5) is 17.3 Å². The van der Waals surface area contributed by atoms with E-state index in [-0.39, 0.29) is 6.10 Å². The zero-order valence-corrected chi connectivity index (χ0v) is 17.4. The largest absolute Gasteiger partial charge is 0.497 e. The molecule has 0 bridgehead atoms. The Bertz CT molecular complexity index is 909. The molecule has 0 radical (unpaired) electrons. The number of benzene rings is 2. The van der Waals surface area contributed by atoms with Crippen LogP contribution in [0.5, 0.6) is 11.5 Å². The summed E-state index contributed by atoms with van der Waals surface area (Å²) in [7, 11) is 1.67. The van der Waals surface area contributed by atoms with Crippen LogP contribution in [-0.4, -0.2) is 29.7 Å². The van der Waals surface area contributed by atoms with E-state index in [1.807, 2.05) is 63.2 Å². The third kappa shape index (κ3) is 6.38. The van der Waals surface area contributed by atoms with Crippen LogP contribution in [0.3, 0.4) is 0 Å². The smallest absolute Gasteiger partial charge is 0.136 e. The van der Waals surface area contributed by atoms with Gasteiger partial charge in [0.1, 0.15) is 29.0 Å². The summed E-state index contributed by atoms with van der Waals surface area (Å²) in [5.41, 5.74) is 2.19. The van der Waals surface area contributed by atoms with Gasteiger partial charge in [-0.1, -0.05) is 12.1 Å². The highest BCUT2D eigenvalue weighted by atomic mass is 16.5. The number of methoxy groups -OCH3 is 1. The number of hydrogen-bond donors (Lipinski definition) is 2. The number of ether oxygens (including phenoxy) is 2. The van der Waals surface area contributed by atoms with E-state index >= 15 is 0 Å². The topological polar surface area (TPSA) is 68.3 Å². The number of anilines is 3. The average Bonchev–Trinajstić information content (AvgIpc) is 2.69. The number of hydrogen-bond acceptors (Lipinski definition) is 6. The van der Waals surface area contributed by atoms with Gasteiger partial charge in [-0.2, -0.15) is 0 Å². The van der Waals surface area contributed by atoms with Gasteiger partial charge in [-0.3, -0.25) is 0 Å². The maximum Gasteiger partial charge on any atom is 0.136 e. The molecule has 1 heterocycles. The molecule has 0 aliphatic carbocycles. The second-order valence-corrected chi connectivity index (χ2v) is 7.03. The van der Waals surface area contributed by atoms with E-state index in [1.165, 1.54) is 5.56 Å². The molecule has 6 heteroatoms. The molecule has 0 amide bonds. The van der Waals surface area contributed by atoms with Crippen molar-refractivity contribution in [3.8, 4) is 11.5 Å². The van der Waals surface area contributed by atoms with Gasteiger partial charge in [-0.25, -0.2) is 9.97 Å². The second kappa shape index (κ2) is 9.78. The van der Waals surface area contributed by atoms with E-state index in [9.17, 15) is 0 Å². The second-order valence-electron chi connectivity index (χ2n) is 7.03. The normalized spacial score (nSPS) is 10.7. The zero-order chi connectivity index (χ0) is 20.6. The SMILES string of the molecule is COc1ccc(CCNc2cc(Nc3ccc(OC(C)C)cc3)nc(C)n2)cc1. The van der Waals surface area contributed by atoms with Crippen molar-refractivity contribution < 1.29 is 9.47 Å². The lowest BCUT2D eigenvalue weighted by molar-refractivity contribution is 0.242. The Balaban J connectivity index is 1.58. The average molecular weight is 393 g/mol. The maximum atomic E-state index is 5.68. The molecule has 0 aliphatic heterocycles. The molecule has 1 aromatic heterocycles. The van der Waals surface area contributed by atoms with Crippen molar-refractivity contribution in [1.29, 1.82) is 0 Å². The highest BCUT2D eigenvalue weighted by molar-refractivity contribution is 5.60. The first kappa shape index (κ1) is 20.5. The summed E-state index contributed by atoms with van der Waals surface area (Å²) in [5, 5.41) is 6.70. The Kier molecular flexibility index (Phi) is 6.89. The van der Waals surface area contributed by atoms with Crippen LogP contribution in [0.25, 0.3) is 0 Å². The van der Waals surface area contributed by atoms with E-state index in [1.54, 1.807) is 7.11 Å². The summed E-state index contributed by atoms with van der Waals surface area (Å²) >= 11 is 0. The van der Waals surface area contributed by atoms with Crippen LogP contribution in [0.2, 0.25) is 0 Å². The number of nitrogens with zero attached hydrogens (tertiary/aromatic N) is 2. The molecule has 0 unspecified atom stereocenters. The molecule has 0 spiro atoms. The summed E-state index contributed by atoms with van der Waals surface area (Å²) in [6.07, 6.45) is 1.05. The van der Waals surface area contributed by atoms with Crippen molar-refractivity contribution in [3.63, 3.8) is 0 Å². The molecule has 0 fully saturated rings. The molecular formula is C23H28N4O2. The fraction of sp³-hybridized carbons (Fsp3) is 0.304. The Morgan fingerprint density at radius 2 is 1.55 bits per heavy atom. The van der Waals surface area contributed by atoms with E-state index in [4.69, 9.17) is 9.47 Å². The quantitative estimate of drug-likeness (QED) is 0.535. The predicted molar refractivity (Wildman–Crippen MR) is 117 cm³/mol. The molecule has 3 rings (SSSR count). The first-order valence-corrected chi connectivity index (χ1v) is 9.78. The van der Waals surface area contributed by atoms with Crippen LogP contribution < -0.4 is 20.1 Å². The van der Waals surface area contributed by atoms with Gasteiger partial charge in [-0.05, 0) is 69.2 Å². The lowest BCUT2D eigenvalue weighted by atomic mass is 10.1. The summed E-state index contributed by atoms with van der Waals surface area (Å²) in [5.74, 6) is 3.98. The van der Waals surface area contributed by atoms with Crippen LogP contribution in [0.15, 0.2) is 54.6 Å². The number of nitrogens with one attached hydrogen (secondary N) is 2. The Hall–Kier alpha value is -3.28. The predicted octanol–water partition coefficient (Wildman–Crippen LogP) is 4.98. The van der Waals surface area contributed by atoms with Gasteiger partial charge in [0.15, 0.2) is 0 Å². The van der Waals surface area contributed by atoms with Gasteiger partial charge in [-0.15, -0.1) is 0 Å². The van der Waals surface area contributed by atoms with Crippen molar-refractivity contribution in [1.82, 2.24) is 9.97 Å². The number of aromatic nitrogens is 2. The monoisotopic (exact) mass is 392 g/mol. The fourth-order valence-electron chi connectivity index (χ4n) is 2.89. The highest BCUT2D eigenvalue weighted by Gasteiger charge is 2.04. The molecule has 0 saturated heterocycles. The summed E-state index contributed by atoms with van der Waals surface area (Å²) in [4.78, 5) is 8.96. The lowest BCUT2D eigenvalue weighted by Gasteiger charge is -2.12. The van der Waals surface area contributed by atoms with E-state index < -0.39 is 0 Å². The van der Waals surface area contributed by atoms with Crippen molar-refractivity contribution in [2.45, 2.75) is 33.3 Å². The van der Waals surface area contributed by atoms with E-state index in [0.717, 1.165) is 41.8 Å². The lowest BCUT2D eigenvalue weighted by Crippen LogP contribution is -2.08. The highest BCUT2D eigenvalue weighted by Crippen LogP contribution is 2.21. The minimum absolute atomic E-state index is 0.157. The van der Waals surface area contributed by atoms with Crippen LogP contribution in [-0.2, 0) is 6.42 Å². The van der Waals surface area contributed by atoms with E-state index in [2.05, 4.69) is 32.7 Å². The first-order valence-electron chi connectivity index (χ1n) is 9.78. The van der Waals surface area contributed by atoms with Crippen molar-refractivity contribution in [3.05, 3.63) is 66.0 Å². The third-order valence-electron chi connectivity index (χ3n) is 4.22. The van der Waals surface area contributed by atoms with Crippen molar-refractivity contribution in [2.24, 2.45) is 0 Å². The Morgan fingerprint density at radius 1 is 0.897 bits per heavy atom. The Morgan fingerprint density at radius 3 is 2.21 bits per heavy atom. The van der Waals surface area contributed by atoms with Gasteiger partial charge >= 0.3 is 0 Å². The van der Waals surface area contributed by atoms with Gasteiger partial charge in [0, 0.05) is 18.3 Å². The van der Waals surface area contributed by atoms with Gasteiger partial charge < -0.3 is 20.1 Å². The molecule has 6 nitrogen and oxygen atoms in total. The summed E-state index contributed by atoms with van der Waals surface area (Å²) < 4.78 is 10.9. The molecule has 2 aromatic carbocycles. The summed E-state index contributed by atoms with van der Waals surface area (Å²) in [6.45, 7) is 6.70. The van der Waals surface area contributed by atoms with Crippen LogP contribution in [0.1, 0.15) is 25.2 Å².